The average molecular weight is 446 g/mol. The number of carboxylic acid groups (broad SMARTS) is 1. The Bertz CT molecular complexity index is 1600. The van der Waals surface area contributed by atoms with Gasteiger partial charge in [-0.1, -0.05) is 35.4 Å². The van der Waals surface area contributed by atoms with Crippen molar-refractivity contribution in [2.45, 2.75) is 26.3 Å². The van der Waals surface area contributed by atoms with Gasteiger partial charge in [-0.3, -0.25) is 4.79 Å². The second kappa shape index (κ2) is 7.53. The molecule has 160 valence electrons. The quantitative estimate of drug-likeness (QED) is 0.339. The van der Waals surface area contributed by atoms with Crippen molar-refractivity contribution in [3.05, 3.63) is 92.8 Å². The number of aryl methyl sites for hydroxylation is 1. The molecule has 0 saturated carbocycles. The predicted molar refractivity (Wildman–Crippen MR) is 127 cm³/mol. The molecule has 3 aromatic carbocycles. The van der Waals surface area contributed by atoms with E-state index in [1.165, 1.54) is 6.07 Å². The average Bonchev–Trinajstić information content (AvgIpc) is 3.05. The van der Waals surface area contributed by atoms with Gasteiger partial charge in [-0.25, -0.2) is 4.79 Å². The molecule has 1 N–H and O–H groups in total. The van der Waals surface area contributed by atoms with Crippen molar-refractivity contribution in [3.63, 3.8) is 0 Å². The van der Waals surface area contributed by atoms with E-state index in [1.807, 2.05) is 61.5 Å². The highest BCUT2D eigenvalue weighted by Gasteiger charge is 2.18. The zero-order valence-electron chi connectivity index (χ0n) is 17.6. The fraction of sp³-hybridized carbons (Fsp3) is 0.154. The zero-order chi connectivity index (χ0) is 22.6. The van der Waals surface area contributed by atoms with Gasteiger partial charge in [0.15, 0.2) is 0 Å². The SMILES string of the molecule is Cc1ccc2oc(=O)cc(Cn3c4ccc(Cl)cc4c4ccc([C@@H](C)C(=O)O)cc43)c2c1. The number of hydrogen-bond acceptors (Lipinski definition) is 3. The number of carbonyl (C=O) groups is 1. The summed E-state index contributed by atoms with van der Waals surface area (Å²) >= 11 is 6.29. The van der Waals surface area contributed by atoms with Crippen molar-refractivity contribution in [2.75, 3.05) is 0 Å². The monoisotopic (exact) mass is 445 g/mol. The van der Waals surface area contributed by atoms with Gasteiger partial charge in [0.25, 0.3) is 0 Å². The predicted octanol–water partition coefficient (Wildman–Crippen LogP) is 6.10. The Morgan fingerprint density at radius 3 is 2.59 bits per heavy atom. The molecule has 1 atom stereocenters. The van der Waals surface area contributed by atoms with Crippen molar-refractivity contribution in [2.24, 2.45) is 0 Å². The number of carboxylic acids is 1. The lowest BCUT2D eigenvalue weighted by molar-refractivity contribution is -0.138. The minimum atomic E-state index is -0.878. The summed E-state index contributed by atoms with van der Waals surface area (Å²) in [6, 6.07) is 18.7. The minimum absolute atomic E-state index is 0.402. The summed E-state index contributed by atoms with van der Waals surface area (Å²) in [5.41, 5.74) is 4.61. The van der Waals surface area contributed by atoms with E-state index in [1.54, 1.807) is 6.92 Å². The Labute approximate surface area is 188 Å². The first-order valence-corrected chi connectivity index (χ1v) is 10.7. The van der Waals surface area contributed by atoms with E-state index < -0.39 is 17.5 Å². The normalized spacial score (nSPS) is 12.6. The van der Waals surface area contributed by atoms with Crippen molar-refractivity contribution < 1.29 is 14.3 Å². The summed E-state index contributed by atoms with van der Waals surface area (Å²) in [6.07, 6.45) is 0. The number of rotatable bonds is 4. The van der Waals surface area contributed by atoms with Crippen LogP contribution in [0, 0.1) is 6.92 Å². The summed E-state index contributed by atoms with van der Waals surface area (Å²) in [4.78, 5) is 23.8. The lowest BCUT2D eigenvalue weighted by Crippen LogP contribution is -2.08. The lowest BCUT2D eigenvalue weighted by Gasteiger charge is -2.12. The summed E-state index contributed by atoms with van der Waals surface area (Å²) in [5, 5.41) is 13.0. The van der Waals surface area contributed by atoms with Gasteiger partial charge in [0.2, 0.25) is 0 Å². The van der Waals surface area contributed by atoms with Crippen LogP contribution in [0.2, 0.25) is 5.02 Å². The molecule has 0 saturated heterocycles. The number of nitrogens with zero attached hydrogens (tertiary/aromatic N) is 1. The van der Waals surface area contributed by atoms with Crippen LogP contribution in [0.3, 0.4) is 0 Å². The maximum atomic E-state index is 12.2. The Balaban J connectivity index is 1.80. The molecular formula is C26H20ClNO4. The number of benzene rings is 3. The molecule has 0 bridgehead atoms. The Kier molecular flexibility index (Phi) is 4.79. The Hall–Kier alpha value is -3.57. The molecule has 0 amide bonds. The fourth-order valence-corrected chi connectivity index (χ4v) is 4.49. The molecular weight excluding hydrogens is 426 g/mol. The Morgan fingerprint density at radius 2 is 1.81 bits per heavy atom. The van der Waals surface area contributed by atoms with E-state index >= 15 is 0 Å². The number of fused-ring (bicyclic) bond motifs is 4. The van der Waals surface area contributed by atoms with Crippen LogP contribution in [0.5, 0.6) is 0 Å². The van der Waals surface area contributed by atoms with Crippen molar-refractivity contribution >= 4 is 50.3 Å². The van der Waals surface area contributed by atoms with Crippen molar-refractivity contribution in [1.82, 2.24) is 4.57 Å². The molecule has 0 unspecified atom stereocenters. The largest absolute Gasteiger partial charge is 0.481 e. The molecule has 5 nitrogen and oxygen atoms in total. The third-order valence-corrected chi connectivity index (χ3v) is 6.27. The maximum Gasteiger partial charge on any atom is 0.336 e. The fourth-order valence-electron chi connectivity index (χ4n) is 4.31. The number of halogens is 1. The highest BCUT2D eigenvalue weighted by molar-refractivity contribution is 6.31. The molecule has 0 aliphatic carbocycles. The van der Waals surface area contributed by atoms with Gasteiger partial charge in [0, 0.05) is 44.8 Å². The number of aliphatic carboxylic acids is 1. The standard InChI is InChI=1S/C26H20ClNO4/c1-14-3-8-24-20(9-14)17(11-25(29)32-24)13-28-22-7-5-18(27)12-21(22)19-6-4-16(10-23(19)28)15(2)26(30)31/h3-12,15H,13H2,1-2H3,(H,30,31)/t15-/m1/s1. The van der Waals surface area contributed by atoms with Gasteiger partial charge < -0.3 is 14.1 Å². The second-order valence-electron chi connectivity index (χ2n) is 8.17. The third-order valence-electron chi connectivity index (χ3n) is 6.03. The maximum absolute atomic E-state index is 12.2. The van der Waals surface area contributed by atoms with Crippen LogP contribution in [0.1, 0.15) is 29.5 Å². The van der Waals surface area contributed by atoms with Gasteiger partial charge in [0.05, 0.1) is 5.92 Å². The van der Waals surface area contributed by atoms with E-state index in [0.29, 0.717) is 22.7 Å². The Morgan fingerprint density at radius 1 is 1.00 bits per heavy atom. The molecule has 0 aliphatic rings. The second-order valence-corrected chi connectivity index (χ2v) is 8.61. The first-order valence-electron chi connectivity index (χ1n) is 10.3. The van der Waals surface area contributed by atoms with Crippen LogP contribution in [-0.4, -0.2) is 15.6 Å². The molecule has 0 radical (unpaired) electrons. The van der Waals surface area contributed by atoms with Gasteiger partial charge in [-0.15, -0.1) is 0 Å². The summed E-state index contributed by atoms with van der Waals surface area (Å²) in [5.74, 6) is -1.51. The van der Waals surface area contributed by atoms with Gasteiger partial charge >= 0.3 is 11.6 Å². The first-order chi connectivity index (χ1) is 15.3. The molecule has 2 heterocycles. The van der Waals surface area contributed by atoms with Crippen LogP contribution in [0.4, 0.5) is 0 Å². The van der Waals surface area contributed by atoms with Gasteiger partial charge in [0.1, 0.15) is 5.58 Å². The smallest absolute Gasteiger partial charge is 0.336 e. The molecule has 6 heteroatoms. The molecule has 0 spiro atoms. The number of hydrogen-bond donors (Lipinski definition) is 1. The van der Waals surface area contributed by atoms with E-state index in [9.17, 15) is 14.7 Å². The van der Waals surface area contributed by atoms with E-state index in [0.717, 1.165) is 38.3 Å². The molecule has 0 aliphatic heterocycles. The summed E-state index contributed by atoms with van der Waals surface area (Å²) in [6.45, 7) is 4.10. The van der Waals surface area contributed by atoms with Crippen LogP contribution < -0.4 is 5.63 Å². The molecule has 2 aromatic heterocycles. The lowest BCUT2D eigenvalue weighted by atomic mass is 10.00. The van der Waals surface area contributed by atoms with E-state index in [-0.39, 0.29) is 0 Å². The highest BCUT2D eigenvalue weighted by atomic mass is 35.5. The van der Waals surface area contributed by atoms with Crippen molar-refractivity contribution in [1.29, 1.82) is 0 Å². The first kappa shape index (κ1) is 20.3. The van der Waals surface area contributed by atoms with Crippen LogP contribution >= 0.6 is 11.6 Å². The zero-order valence-corrected chi connectivity index (χ0v) is 18.3. The summed E-state index contributed by atoms with van der Waals surface area (Å²) < 4.78 is 7.50. The number of aromatic nitrogens is 1. The van der Waals surface area contributed by atoms with E-state index in [4.69, 9.17) is 16.0 Å². The van der Waals surface area contributed by atoms with Crippen LogP contribution in [0.15, 0.2) is 69.9 Å². The third kappa shape index (κ3) is 3.35. The van der Waals surface area contributed by atoms with Crippen molar-refractivity contribution in [3.8, 4) is 0 Å². The minimum Gasteiger partial charge on any atom is -0.481 e. The van der Waals surface area contributed by atoms with Crippen LogP contribution in [-0.2, 0) is 11.3 Å². The molecule has 0 fully saturated rings. The molecule has 5 aromatic rings. The van der Waals surface area contributed by atoms with Crippen LogP contribution in [0.25, 0.3) is 32.8 Å². The summed E-state index contributed by atoms with van der Waals surface area (Å²) in [7, 11) is 0. The molecule has 5 rings (SSSR count). The molecule has 32 heavy (non-hydrogen) atoms. The van der Waals surface area contributed by atoms with E-state index in [2.05, 4.69) is 4.57 Å². The van der Waals surface area contributed by atoms with Gasteiger partial charge in [-0.05, 0) is 61.4 Å². The highest BCUT2D eigenvalue weighted by Crippen LogP contribution is 2.34. The van der Waals surface area contributed by atoms with Gasteiger partial charge in [-0.2, -0.15) is 0 Å². The topological polar surface area (TPSA) is 72.4 Å².